The lowest BCUT2D eigenvalue weighted by Crippen LogP contribution is -2.25. The van der Waals surface area contributed by atoms with Gasteiger partial charge in [-0.2, -0.15) is 10.1 Å². The van der Waals surface area contributed by atoms with Crippen LogP contribution in [0.5, 0.6) is 0 Å². The highest BCUT2D eigenvalue weighted by Crippen LogP contribution is 2.38. The lowest BCUT2D eigenvalue weighted by molar-refractivity contribution is -0.121. The van der Waals surface area contributed by atoms with Gasteiger partial charge in [0.25, 0.3) is 5.91 Å². The number of nitrogens with zero attached hydrogens (tertiary/aromatic N) is 3. The Bertz CT molecular complexity index is 1370. The fourth-order valence-electron chi connectivity index (χ4n) is 4.10. The molecule has 6 nitrogen and oxygen atoms in total. The molecule has 36 heavy (non-hydrogen) atoms. The fourth-order valence-corrected chi connectivity index (χ4v) is 5.16. The van der Waals surface area contributed by atoms with Gasteiger partial charge in [0.05, 0.1) is 11.8 Å². The molecule has 0 fully saturated rings. The molecule has 2 aliphatic rings. The van der Waals surface area contributed by atoms with Gasteiger partial charge in [-0.05, 0) is 48.4 Å². The number of aliphatic imine (C=N–C) groups is 1. The number of hydrogen-bond acceptors (Lipinski definition) is 5. The van der Waals surface area contributed by atoms with Crippen molar-refractivity contribution in [1.29, 1.82) is 0 Å². The summed E-state index contributed by atoms with van der Waals surface area (Å²) in [6.07, 6.45) is 0.442. The van der Waals surface area contributed by atoms with Crippen LogP contribution in [0.1, 0.15) is 35.6 Å². The minimum Gasteiger partial charge on any atom is -0.326 e. The number of benzene rings is 3. The smallest absolute Gasteiger partial charge is 0.262 e. The molecule has 0 aromatic heterocycles. The fraction of sp³-hybridized carbons (Fsp3) is 0.185. The lowest BCUT2D eigenvalue weighted by Gasteiger charge is -2.23. The number of carbonyl (C=O) groups excluding carboxylic acids is 2. The number of anilines is 1. The van der Waals surface area contributed by atoms with E-state index >= 15 is 0 Å². The van der Waals surface area contributed by atoms with Crippen molar-refractivity contribution in [3.63, 3.8) is 0 Å². The van der Waals surface area contributed by atoms with Crippen LogP contribution in [0.4, 0.5) is 14.5 Å². The van der Waals surface area contributed by atoms with Gasteiger partial charge in [0.15, 0.2) is 5.17 Å². The van der Waals surface area contributed by atoms with E-state index in [2.05, 4.69) is 10.3 Å². The Balaban J connectivity index is 1.35. The van der Waals surface area contributed by atoms with E-state index in [-0.39, 0.29) is 18.3 Å². The van der Waals surface area contributed by atoms with Crippen LogP contribution in [0.3, 0.4) is 0 Å². The van der Waals surface area contributed by atoms with E-state index in [1.54, 1.807) is 23.2 Å². The number of thioether (sulfide) groups is 1. The predicted octanol–water partition coefficient (Wildman–Crippen LogP) is 5.45. The minimum atomic E-state index is -0.711. The summed E-state index contributed by atoms with van der Waals surface area (Å²) in [5.41, 5.74) is 3.99. The molecule has 2 aliphatic heterocycles. The number of hydrogen-bond donors (Lipinski definition) is 1. The van der Waals surface area contributed by atoms with E-state index in [9.17, 15) is 18.4 Å². The highest BCUT2D eigenvalue weighted by atomic mass is 32.2. The molecule has 0 bridgehead atoms. The maximum atomic E-state index is 13.5. The zero-order valence-electron chi connectivity index (χ0n) is 19.3. The maximum Gasteiger partial charge on any atom is 0.262 e. The Hall–Kier alpha value is -3.85. The number of hydrazone groups is 1. The molecule has 0 aliphatic carbocycles. The molecule has 0 radical (unpaired) electrons. The predicted molar refractivity (Wildman–Crippen MR) is 137 cm³/mol. The largest absolute Gasteiger partial charge is 0.326 e. The molecule has 2 amide bonds. The molecule has 0 spiro atoms. The Morgan fingerprint density at radius 2 is 1.81 bits per heavy atom. The molecule has 182 valence electrons. The number of nitrogens with one attached hydrogen (secondary N) is 1. The second-order valence-corrected chi connectivity index (χ2v) is 9.80. The van der Waals surface area contributed by atoms with Crippen molar-refractivity contribution < 1.29 is 18.4 Å². The summed E-state index contributed by atoms with van der Waals surface area (Å²) in [5, 5.41) is 8.79. The summed E-state index contributed by atoms with van der Waals surface area (Å²) in [6, 6.07) is 19.6. The number of aryl methyl sites for hydroxylation is 1. The van der Waals surface area contributed by atoms with Crippen LogP contribution >= 0.6 is 11.8 Å². The van der Waals surface area contributed by atoms with Crippen molar-refractivity contribution in [2.24, 2.45) is 10.1 Å². The van der Waals surface area contributed by atoms with Crippen molar-refractivity contribution in [1.82, 2.24) is 5.01 Å². The first-order valence-electron chi connectivity index (χ1n) is 11.4. The normalized spacial score (nSPS) is 19.3. The van der Waals surface area contributed by atoms with Crippen molar-refractivity contribution in [3.05, 3.63) is 101 Å². The zero-order valence-corrected chi connectivity index (χ0v) is 20.1. The highest BCUT2D eigenvalue weighted by molar-refractivity contribution is 8.15. The summed E-state index contributed by atoms with van der Waals surface area (Å²) >= 11 is 1.18. The van der Waals surface area contributed by atoms with Gasteiger partial charge in [-0.15, -0.1) is 0 Å². The second-order valence-electron chi connectivity index (χ2n) is 8.63. The van der Waals surface area contributed by atoms with E-state index in [1.165, 1.54) is 42.1 Å². The first kappa shape index (κ1) is 23.9. The average molecular weight is 505 g/mol. The monoisotopic (exact) mass is 504 g/mol. The first-order chi connectivity index (χ1) is 17.4. The van der Waals surface area contributed by atoms with Gasteiger partial charge in [-0.25, -0.2) is 13.8 Å². The lowest BCUT2D eigenvalue weighted by atomic mass is 9.98. The molecular weight excluding hydrogens is 482 g/mol. The number of carbonyl (C=O) groups is 2. The Labute approximate surface area is 211 Å². The van der Waals surface area contributed by atoms with Crippen LogP contribution in [0.25, 0.3) is 0 Å². The molecule has 2 atom stereocenters. The van der Waals surface area contributed by atoms with Gasteiger partial charge in [-0.3, -0.25) is 9.59 Å². The molecule has 1 N–H and O–H groups in total. The van der Waals surface area contributed by atoms with Crippen molar-refractivity contribution in [2.75, 3.05) is 5.32 Å². The third-order valence-corrected chi connectivity index (χ3v) is 7.10. The molecule has 0 unspecified atom stereocenters. The number of rotatable bonds is 5. The van der Waals surface area contributed by atoms with E-state index in [0.717, 1.165) is 22.4 Å². The van der Waals surface area contributed by atoms with E-state index in [4.69, 9.17) is 5.10 Å². The zero-order chi connectivity index (χ0) is 25.2. The average Bonchev–Trinajstić information content (AvgIpc) is 3.44. The van der Waals surface area contributed by atoms with Crippen LogP contribution in [-0.4, -0.2) is 33.0 Å². The molecule has 3 aromatic carbocycles. The van der Waals surface area contributed by atoms with Gasteiger partial charge < -0.3 is 5.32 Å². The summed E-state index contributed by atoms with van der Waals surface area (Å²) < 4.78 is 26.9. The third kappa shape index (κ3) is 5.21. The second kappa shape index (κ2) is 10.0. The number of amidine groups is 1. The number of amides is 2. The molecular formula is C27H22F2N4O2S. The van der Waals surface area contributed by atoms with Gasteiger partial charge in [-0.1, -0.05) is 59.8 Å². The van der Waals surface area contributed by atoms with Crippen LogP contribution < -0.4 is 5.32 Å². The quantitative estimate of drug-likeness (QED) is 0.501. The van der Waals surface area contributed by atoms with E-state index in [1.807, 2.05) is 31.2 Å². The van der Waals surface area contributed by atoms with Crippen molar-refractivity contribution in [2.45, 2.75) is 31.1 Å². The summed E-state index contributed by atoms with van der Waals surface area (Å²) in [6.45, 7) is 2.01. The van der Waals surface area contributed by atoms with E-state index in [0.29, 0.717) is 17.3 Å². The SMILES string of the molecule is Cc1ccc([C@@H]2CC(c3ccc(F)cc3)=NN2C2=NC(=O)[C@H](CC(=O)Nc3cccc(F)c3)S2)cc1. The van der Waals surface area contributed by atoms with Gasteiger partial charge in [0, 0.05) is 18.5 Å². The summed E-state index contributed by atoms with van der Waals surface area (Å²) in [4.78, 5) is 29.4. The minimum absolute atomic E-state index is 0.107. The topological polar surface area (TPSA) is 74.1 Å². The highest BCUT2D eigenvalue weighted by Gasteiger charge is 2.39. The third-order valence-electron chi connectivity index (χ3n) is 5.95. The van der Waals surface area contributed by atoms with Crippen LogP contribution in [0.15, 0.2) is 82.9 Å². The maximum absolute atomic E-state index is 13.5. The summed E-state index contributed by atoms with van der Waals surface area (Å²) in [5.74, 6) is -1.62. The van der Waals surface area contributed by atoms with Crippen LogP contribution in [-0.2, 0) is 9.59 Å². The van der Waals surface area contributed by atoms with Crippen molar-refractivity contribution >= 4 is 40.1 Å². The van der Waals surface area contributed by atoms with Gasteiger partial charge in [0.2, 0.25) is 5.91 Å². The molecule has 0 saturated carbocycles. The van der Waals surface area contributed by atoms with Gasteiger partial charge >= 0.3 is 0 Å². The summed E-state index contributed by atoms with van der Waals surface area (Å²) in [7, 11) is 0. The molecule has 3 aromatic rings. The van der Waals surface area contributed by atoms with Crippen LogP contribution in [0.2, 0.25) is 0 Å². The first-order valence-corrected chi connectivity index (χ1v) is 12.3. The molecule has 9 heteroatoms. The number of halogens is 2. The Kier molecular flexibility index (Phi) is 6.65. The standard InChI is InChI=1S/C27H22F2N4O2S/c1-16-5-7-18(8-6-16)23-14-22(17-9-11-19(28)12-10-17)32-33(23)27-31-26(35)24(36-27)15-25(34)30-21-4-2-3-20(29)13-21/h2-13,23-24H,14-15H2,1H3,(H,30,34)/t23-,24-/m0/s1. The van der Waals surface area contributed by atoms with Crippen molar-refractivity contribution in [3.8, 4) is 0 Å². The Morgan fingerprint density at radius 1 is 1.06 bits per heavy atom. The van der Waals surface area contributed by atoms with Crippen LogP contribution in [0, 0.1) is 18.6 Å². The molecule has 0 saturated heterocycles. The molecule has 2 heterocycles. The van der Waals surface area contributed by atoms with Gasteiger partial charge in [0.1, 0.15) is 16.9 Å². The van der Waals surface area contributed by atoms with E-state index < -0.39 is 22.9 Å². The Morgan fingerprint density at radius 3 is 2.53 bits per heavy atom. The molecule has 5 rings (SSSR count).